The number of methoxy groups -OCH3 is 3. The number of ether oxygens (including phenoxy) is 3. The van der Waals surface area contributed by atoms with Crippen molar-refractivity contribution in [3.8, 4) is 23.7 Å². The lowest BCUT2D eigenvalue weighted by atomic mass is 9.86. The highest BCUT2D eigenvalue weighted by Crippen LogP contribution is 2.29. The van der Waals surface area contributed by atoms with Crippen LogP contribution in [0.5, 0.6) is 0 Å². The normalized spacial score (nSPS) is 18.5. The highest BCUT2D eigenvalue weighted by atomic mass is 32.2. The Labute approximate surface area is 365 Å². The summed E-state index contributed by atoms with van der Waals surface area (Å²) in [6.07, 6.45) is 4.86. The molecule has 2 fully saturated rings. The molecule has 0 heterocycles. The molecule has 328 valence electrons. The first-order valence-corrected chi connectivity index (χ1v) is 23.4. The van der Waals surface area contributed by atoms with Crippen molar-refractivity contribution < 1.29 is 40.6 Å². The molecule has 2 aliphatic carbocycles. The van der Waals surface area contributed by atoms with Gasteiger partial charge < -0.3 is 24.8 Å². The number of anilines is 2. The van der Waals surface area contributed by atoms with E-state index < -0.39 is 20.0 Å². The Hall–Kier alpha value is -5.68. The minimum absolute atomic E-state index is 0.144. The van der Waals surface area contributed by atoms with E-state index in [-0.39, 0.29) is 52.4 Å². The molecule has 4 N–H and O–H groups in total. The molecule has 13 nitrogen and oxygen atoms in total. The first kappa shape index (κ1) is 47.4. The molecule has 0 atom stereocenters. The highest BCUT2D eigenvalue weighted by molar-refractivity contribution is 7.89. The Morgan fingerprint density at radius 1 is 0.565 bits per heavy atom. The third-order valence-electron chi connectivity index (χ3n) is 10.7. The molecule has 0 saturated heterocycles. The van der Waals surface area contributed by atoms with E-state index in [9.17, 15) is 26.4 Å². The van der Waals surface area contributed by atoms with E-state index in [0.717, 1.165) is 16.7 Å². The fraction of sp³-hybridized carbons (Fsp3) is 0.362. The van der Waals surface area contributed by atoms with Crippen molar-refractivity contribution in [2.24, 2.45) is 11.8 Å². The van der Waals surface area contributed by atoms with Crippen LogP contribution in [0.15, 0.2) is 107 Å². The Balaban J connectivity index is 0.000000235. The summed E-state index contributed by atoms with van der Waals surface area (Å²) in [7, 11) is -1.36. The molecule has 0 unspecified atom stereocenters. The van der Waals surface area contributed by atoms with Gasteiger partial charge in [0.2, 0.25) is 20.0 Å². The average molecular weight is 883 g/mol. The van der Waals surface area contributed by atoms with Gasteiger partial charge in [0.1, 0.15) is 6.73 Å². The summed E-state index contributed by atoms with van der Waals surface area (Å²) in [5.74, 6) is 11.6. The predicted molar refractivity (Wildman–Crippen MR) is 239 cm³/mol. The zero-order valence-corrected chi connectivity index (χ0v) is 37.0. The summed E-state index contributed by atoms with van der Waals surface area (Å²) in [6.45, 7) is 0.217. The third kappa shape index (κ3) is 13.7. The first-order valence-electron chi connectivity index (χ1n) is 20.4. The Kier molecular flexibility index (Phi) is 17.5. The highest BCUT2D eigenvalue weighted by Gasteiger charge is 2.31. The molecule has 2 aliphatic rings. The lowest BCUT2D eigenvalue weighted by molar-refractivity contribution is -0.147. The maximum absolute atomic E-state index is 13.0. The van der Waals surface area contributed by atoms with Gasteiger partial charge in [-0.2, -0.15) is 0 Å². The van der Waals surface area contributed by atoms with Gasteiger partial charge in [-0.15, -0.1) is 0 Å². The van der Waals surface area contributed by atoms with E-state index in [1.165, 1.54) is 14.2 Å². The number of esters is 2. The zero-order chi connectivity index (χ0) is 44.5. The van der Waals surface area contributed by atoms with Gasteiger partial charge >= 0.3 is 11.9 Å². The van der Waals surface area contributed by atoms with Gasteiger partial charge in [0, 0.05) is 48.5 Å². The van der Waals surface area contributed by atoms with Crippen LogP contribution < -0.4 is 20.1 Å². The van der Waals surface area contributed by atoms with E-state index in [0.29, 0.717) is 68.3 Å². The average Bonchev–Trinajstić information content (AvgIpc) is 3.30. The first-order chi connectivity index (χ1) is 29.8. The number of rotatable bonds is 12. The van der Waals surface area contributed by atoms with Crippen LogP contribution in [0.1, 0.15) is 73.6 Å². The summed E-state index contributed by atoms with van der Waals surface area (Å²) in [6, 6.07) is 28.5. The zero-order valence-electron chi connectivity index (χ0n) is 35.4. The molecule has 0 bridgehead atoms. The van der Waals surface area contributed by atoms with Crippen molar-refractivity contribution in [1.82, 2.24) is 9.44 Å². The van der Waals surface area contributed by atoms with Crippen LogP contribution in [-0.4, -0.2) is 76.0 Å². The van der Waals surface area contributed by atoms with Crippen LogP contribution in [0.3, 0.4) is 0 Å². The topological polar surface area (TPSA) is 178 Å². The second kappa shape index (κ2) is 23.0. The summed E-state index contributed by atoms with van der Waals surface area (Å²) in [5, 5.41) is 6.10. The molecule has 6 rings (SSSR count). The van der Waals surface area contributed by atoms with Gasteiger partial charge in [-0.1, -0.05) is 60.1 Å². The molecule has 0 aromatic heterocycles. The Bertz CT molecular complexity index is 2480. The molecular formula is C47H54N4O9S2. The van der Waals surface area contributed by atoms with Gasteiger partial charge in [-0.3, -0.25) is 9.59 Å². The molecule has 0 amide bonds. The second-order valence-electron chi connectivity index (χ2n) is 14.9. The maximum Gasteiger partial charge on any atom is 0.308 e. The van der Waals surface area contributed by atoms with Crippen LogP contribution in [0.25, 0.3) is 0 Å². The van der Waals surface area contributed by atoms with Gasteiger partial charge in [-0.05, 0) is 112 Å². The lowest BCUT2D eigenvalue weighted by Gasteiger charge is -2.27. The van der Waals surface area contributed by atoms with Gasteiger partial charge in [0.15, 0.2) is 0 Å². The molecule has 0 aliphatic heterocycles. The van der Waals surface area contributed by atoms with Gasteiger partial charge in [0.05, 0.1) is 47.2 Å². The van der Waals surface area contributed by atoms with E-state index >= 15 is 0 Å². The maximum atomic E-state index is 13.0. The molecule has 0 radical (unpaired) electrons. The van der Waals surface area contributed by atoms with E-state index in [4.69, 9.17) is 14.2 Å². The molecule has 0 spiro atoms. The van der Waals surface area contributed by atoms with Crippen molar-refractivity contribution in [2.45, 2.75) is 73.2 Å². The monoisotopic (exact) mass is 882 g/mol. The standard InChI is InChI=1S/C24H28N2O5S.C23H26N2O4S/c1-30-17-25-23-16-22(15-12-19(23)9-8-18-6-4-3-5-7-18)32(28,29)26-21-13-10-20(11-14-21)24(27)31-2;1-24-22-16-21(15-12-18(22)9-8-17-6-4-3-5-7-17)30(27,28)25-20-13-10-19(11-14-20)23(26)29-2/h3-7,12,15-16,20-21,25-26H,10-11,13-14,17H2,1-2H3;3-7,12,15-16,19-20,24-25H,10-11,13-14H2,1-2H3. The second-order valence-corrected chi connectivity index (χ2v) is 18.3. The van der Waals surface area contributed by atoms with Gasteiger partial charge in [0.25, 0.3) is 0 Å². The number of hydrogen-bond donors (Lipinski definition) is 4. The van der Waals surface area contributed by atoms with E-state index in [1.807, 2.05) is 60.7 Å². The smallest absolute Gasteiger partial charge is 0.308 e. The molecule has 2 saturated carbocycles. The number of hydrogen-bond acceptors (Lipinski definition) is 11. The van der Waals surface area contributed by atoms with E-state index in [2.05, 4.69) is 43.8 Å². The number of carbonyl (C=O) groups is 2. The SMILES string of the molecule is CNc1cc(S(=O)(=O)NC2CCC(C(=O)OC)CC2)ccc1C#Cc1ccccc1.COCNc1cc(S(=O)(=O)NC2CCC(C(=O)OC)CC2)ccc1C#Cc1ccccc1. The third-order valence-corrected chi connectivity index (χ3v) is 13.7. The van der Waals surface area contributed by atoms with Crippen LogP contribution in [0.4, 0.5) is 11.4 Å². The van der Waals surface area contributed by atoms with Crippen molar-refractivity contribution in [3.63, 3.8) is 0 Å². The number of nitrogens with one attached hydrogen (secondary N) is 4. The van der Waals surface area contributed by atoms with Crippen molar-refractivity contribution in [2.75, 3.05) is 45.7 Å². The molecular weight excluding hydrogens is 829 g/mol. The molecule has 62 heavy (non-hydrogen) atoms. The van der Waals surface area contributed by atoms with Crippen LogP contribution in [-0.2, 0) is 43.8 Å². The van der Waals surface area contributed by atoms with Gasteiger partial charge in [-0.25, -0.2) is 26.3 Å². The fourth-order valence-electron chi connectivity index (χ4n) is 7.23. The van der Waals surface area contributed by atoms with Crippen molar-refractivity contribution in [1.29, 1.82) is 0 Å². The molecule has 15 heteroatoms. The number of carbonyl (C=O) groups excluding carboxylic acids is 2. The minimum Gasteiger partial charge on any atom is -0.469 e. The largest absolute Gasteiger partial charge is 0.469 e. The quantitative estimate of drug-likeness (QED) is 0.0719. The molecule has 4 aromatic rings. The summed E-state index contributed by atoms with van der Waals surface area (Å²) in [5.41, 5.74) is 4.37. The molecule has 4 aromatic carbocycles. The Morgan fingerprint density at radius 2 is 0.968 bits per heavy atom. The summed E-state index contributed by atoms with van der Waals surface area (Å²) < 4.78 is 71.9. The number of benzene rings is 4. The van der Waals surface area contributed by atoms with Crippen molar-refractivity contribution >= 4 is 43.4 Å². The van der Waals surface area contributed by atoms with Crippen molar-refractivity contribution in [3.05, 3.63) is 119 Å². The fourth-order valence-corrected chi connectivity index (χ4v) is 9.89. The summed E-state index contributed by atoms with van der Waals surface area (Å²) >= 11 is 0. The Morgan fingerprint density at radius 3 is 1.35 bits per heavy atom. The number of sulfonamides is 2. The lowest BCUT2D eigenvalue weighted by Crippen LogP contribution is -2.38. The summed E-state index contributed by atoms with van der Waals surface area (Å²) in [4.78, 5) is 23.7. The van der Waals surface area contributed by atoms with Crippen LogP contribution >= 0.6 is 0 Å². The minimum atomic E-state index is -3.73. The van der Waals surface area contributed by atoms with Crippen LogP contribution in [0, 0.1) is 35.5 Å². The predicted octanol–water partition coefficient (Wildman–Crippen LogP) is 6.25. The van der Waals surface area contributed by atoms with E-state index in [1.54, 1.807) is 50.6 Å². The van der Waals surface area contributed by atoms with Crippen LogP contribution in [0.2, 0.25) is 0 Å².